The van der Waals surface area contributed by atoms with Crippen LogP contribution in [0.5, 0.6) is 11.5 Å². The molecule has 8 nitrogen and oxygen atoms in total. The molecule has 38 heavy (non-hydrogen) atoms. The second-order valence-electron chi connectivity index (χ2n) is 10.5. The molecule has 8 heteroatoms. The summed E-state index contributed by atoms with van der Waals surface area (Å²) in [6.07, 6.45) is 0.968. The summed E-state index contributed by atoms with van der Waals surface area (Å²) >= 11 is 0. The Hall–Kier alpha value is -3.36. The lowest BCUT2D eigenvalue weighted by molar-refractivity contribution is 0.0316. The van der Waals surface area contributed by atoms with Crippen molar-refractivity contribution >= 4 is 5.91 Å². The van der Waals surface area contributed by atoms with Gasteiger partial charge in [0, 0.05) is 37.3 Å². The lowest BCUT2D eigenvalue weighted by Gasteiger charge is -2.31. The Labute approximate surface area is 224 Å². The van der Waals surface area contributed by atoms with Gasteiger partial charge < -0.3 is 19.1 Å². The van der Waals surface area contributed by atoms with Gasteiger partial charge in [0.05, 0.1) is 38.7 Å². The number of benzene rings is 2. The average molecular weight is 519 g/mol. The van der Waals surface area contributed by atoms with Gasteiger partial charge in [0.15, 0.2) is 11.5 Å². The number of carbonyl (C=O) groups excluding carboxylic acids is 1. The van der Waals surface area contributed by atoms with Crippen LogP contribution in [0.4, 0.5) is 0 Å². The smallest absolute Gasteiger partial charge is 0.273 e. The van der Waals surface area contributed by atoms with Crippen molar-refractivity contribution in [3.8, 4) is 22.8 Å². The standard InChI is InChI=1S/C30H38N4O4/c1-20(2)11-16-38-24-10-9-23(19-25(24)36-4)29-26-27(22-7-5-21(3)6-8-22)31-32-28(26)30(35)34(29)13-12-33-14-17-37-18-15-33/h5-10,19-20,29H,11-18H2,1-4H3,(H,31,32). The van der Waals surface area contributed by atoms with E-state index < -0.39 is 0 Å². The predicted molar refractivity (Wildman–Crippen MR) is 147 cm³/mol. The normalized spacial score (nSPS) is 17.8. The van der Waals surface area contributed by atoms with E-state index in [0.717, 1.165) is 61.7 Å². The molecule has 0 spiro atoms. The lowest BCUT2D eigenvalue weighted by atomic mass is 9.95. The van der Waals surface area contributed by atoms with Crippen LogP contribution in [-0.4, -0.2) is 79.0 Å². The molecule has 5 rings (SSSR count). The number of fused-ring (bicyclic) bond motifs is 1. The molecule has 202 valence electrons. The van der Waals surface area contributed by atoms with Gasteiger partial charge in [-0.25, -0.2) is 0 Å². The second kappa shape index (κ2) is 11.6. The number of nitrogens with zero attached hydrogens (tertiary/aromatic N) is 3. The Morgan fingerprint density at radius 2 is 1.84 bits per heavy atom. The van der Waals surface area contributed by atoms with E-state index in [1.165, 1.54) is 5.56 Å². The fraction of sp³-hybridized carbons (Fsp3) is 0.467. The highest BCUT2D eigenvalue weighted by atomic mass is 16.5. The van der Waals surface area contributed by atoms with Gasteiger partial charge in [-0.05, 0) is 37.0 Å². The van der Waals surface area contributed by atoms with Crippen molar-refractivity contribution < 1.29 is 19.0 Å². The minimum atomic E-state index is -0.285. The number of aromatic nitrogens is 2. The molecule has 1 unspecified atom stereocenters. The second-order valence-corrected chi connectivity index (χ2v) is 10.5. The molecule has 2 aliphatic rings. The molecule has 1 atom stereocenters. The molecule has 1 saturated heterocycles. The van der Waals surface area contributed by atoms with Crippen molar-refractivity contribution in [2.75, 3.05) is 53.1 Å². The third-order valence-corrected chi connectivity index (χ3v) is 7.41. The van der Waals surface area contributed by atoms with Crippen LogP contribution < -0.4 is 9.47 Å². The van der Waals surface area contributed by atoms with E-state index in [4.69, 9.17) is 14.2 Å². The van der Waals surface area contributed by atoms with E-state index >= 15 is 0 Å². The SMILES string of the molecule is COc1cc(C2c3c(-c4ccc(C)cc4)n[nH]c3C(=O)N2CCN2CCOCC2)ccc1OCCC(C)C. The highest BCUT2D eigenvalue weighted by molar-refractivity contribution is 6.00. The van der Waals surface area contributed by atoms with E-state index in [9.17, 15) is 4.79 Å². The topological polar surface area (TPSA) is 79.9 Å². The molecule has 1 aromatic heterocycles. The van der Waals surface area contributed by atoms with E-state index in [1.54, 1.807) is 7.11 Å². The zero-order valence-corrected chi connectivity index (χ0v) is 22.8. The van der Waals surface area contributed by atoms with Crippen LogP contribution >= 0.6 is 0 Å². The highest BCUT2D eigenvalue weighted by Crippen LogP contribution is 2.44. The number of morpholine rings is 1. The van der Waals surface area contributed by atoms with Crippen molar-refractivity contribution in [2.45, 2.75) is 33.2 Å². The minimum Gasteiger partial charge on any atom is -0.493 e. The molecule has 2 aromatic carbocycles. The first-order valence-corrected chi connectivity index (χ1v) is 13.5. The number of ether oxygens (including phenoxy) is 3. The van der Waals surface area contributed by atoms with Gasteiger partial charge in [-0.3, -0.25) is 14.8 Å². The molecule has 3 heterocycles. The maximum Gasteiger partial charge on any atom is 0.273 e. The van der Waals surface area contributed by atoms with Crippen molar-refractivity contribution in [2.24, 2.45) is 5.92 Å². The molecular weight excluding hydrogens is 480 g/mol. The Morgan fingerprint density at radius 1 is 1.08 bits per heavy atom. The lowest BCUT2D eigenvalue weighted by Crippen LogP contribution is -2.42. The molecule has 0 saturated carbocycles. The van der Waals surface area contributed by atoms with E-state index in [1.807, 2.05) is 23.1 Å². The van der Waals surface area contributed by atoms with Crippen LogP contribution in [-0.2, 0) is 4.74 Å². The zero-order chi connectivity index (χ0) is 26.6. The monoisotopic (exact) mass is 518 g/mol. The molecule has 1 N–H and O–H groups in total. The zero-order valence-electron chi connectivity index (χ0n) is 22.8. The van der Waals surface area contributed by atoms with Gasteiger partial charge >= 0.3 is 0 Å². The third-order valence-electron chi connectivity index (χ3n) is 7.41. The Bertz CT molecular complexity index is 1250. The summed E-state index contributed by atoms with van der Waals surface area (Å²) in [4.78, 5) is 18.0. The summed E-state index contributed by atoms with van der Waals surface area (Å²) in [7, 11) is 1.66. The molecule has 0 bridgehead atoms. The highest BCUT2D eigenvalue weighted by Gasteiger charge is 2.42. The number of methoxy groups -OCH3 is 1. The van der Waals surface area contributed by atoms with Gasteiger partial charge in [-0.2, -0.15) is 5.10 Å². The number of aryl methyl sites for hydroxylation is 1. The third kappa shape index (κ3) is 5.42. The Morgan fingerprint density at radius 3 is 2.55 bits per heavy atom. The number of amides is 1. The van der Waals surface area contributed by atoms with Crippen LogP contribution in [0.2, 0.25) is 0 Å². The summed E-state index contributed by atoms with van der Waals surface area (Å²) in [6.45, 7) is 11.7. The first-order chi connectivity index (χ1) is 18.5. The Balaban J connectivity index is 1.50. The fourth-order valence-corrected chi connectivity index (χ4v) is 5.16. The summed E-state index contributed by atoms with van der Waals surface area (Å²) in [5, 5.41) is 7.67. The number of carbonyl (C=O) groups is 1. The van der Waals surface area contributed by atoms with Crippen molar-refractivity contribution in [1.29, 1.82) is 0 Å². The average Bonchev–Trinajstić information content (AvgIpc) is 3.47. The summed E-state index contributed by atoms with van der Waals surface area (Å²) < 4.78 is 17.3. The fourth-order valence-electron chi connectivity index (χ4n) is 5.16. The number of H-pyrrole nitrogens is 1. The molecular formula is C30H38N4O4. The van der Waals surface area contributed by atoms with Crippen molar-refractivity contribution in [3.63, 3.8) is 0 Å². The number of hydrogen-bond acceptors (Lipinski definition) is 6. The summed E-state index contributed by atoms with van der Waals surface area (Å²) in [5.41, 5.74) is 5.42. The number of hydrogen-bond donors (Lipinski definition) is 1. The van der Waals surface area contributed by atoms with Crippen molar-refractivity contribution in [3.05, 3.63) is 64.8 Å². The maximum absolute atomic E-state index is 13.7. The quantitative estimate of drug-likeness (QED) is 0.419. The minimum absolute atomic E-state index is 0.0275. The summed E-state index contributed by atoms with van der Waals surface area (Å²) in [5.74, 6) is 1.91. The van der Waals surface area contributed by atoms with E-state index in [-0.39, 0.29) is 11.9 Å². The maximum atomic E-state index is 13.7. The van der Waals surface area contributed by atoms with Gasteiger partial charge in [-0.15, -0.1) is 0 Å². The van der Waals surface area contributed by atoms with Gasteiger partial charge in [0.1, 0.15) is 5.69 Å². The van der Waals surface area contributed by atoms with Crippen LogP contribution in [0.3, 0.4) is 0 Å². The van der Waals surface area contributed by atoms with Crippen LogP contribution in [0, 0.1) is 12.8 Å². The largest absolute Gasteiger partial charge is 0.493 e. The molecule has 2 aliphatic heterocycles. The summed E-state index contributed by atoms with van der Waals surface area (Å²) in [6, 6.07) is 14.0. The number of rotatable bonds is 10. The first kappa shape index (κ1) is 26.3. The van der Waals surface area contributed by atoms with Crippen LogP contribution in [0.1, 0.15) is 53.5 Å². The predicted octanol–water partition coefficient (Wildman–Crippen LogP) is 4.70. The molecule has 0 aliphatic carbocycles. The molecule has 0 radical (unpaired) electrons. The number of aromatic amines is 1. The van der Waals surface area contributed by atoms with Gasteiger partial charge in [-0.1, -0.05) is 49.7 Å². The van der Waals surface area contributed by atoms with E-state index in [0.29, 0.717) is 36.3 Å². The molecule has 3 aromatic rings. The van der Waals surface area contributed by atoms with Gasteiger partial charge in [0.2, 0.25) is 0 Å². The van der Waals surface area contributed by atoms with Crippen molar-refractivity contribution in [1.82, 2.24) is 20.0 Å². The first-order valence-electron chi connectivity index (χ1n) is 13.5. The van der Waals surface area contributed by atoms with Crippen LogP contribution in [0.25, 0.3) is 11.3 Å². The molecule has 1 fully saturated rings. The van der Waals surface area contributed by atoms with E-state index in [2.05, 4.69) is 60.1 Å². The van der Waals surface area contributed by atoms with Gasteiger partial charge in [0.25, 0.3) is 5.91 Å². The Kier molecular flexibility index (Phi) is 8.00. The molecule has 1 amide bonds. The van der Waals surface area contributed by atoms with Crippen LogP contribution in [0.15, 0.2) is 42.5 Å². The number of nitrogens with one attached hydrogen (secondary N) is 1.